The van der Waals surface area contributed by atoms with Crippen LogP contribution in [0.25, 0.3) is 0 Å². The van der Waals surface area contributed by atoms with Gasteiger partial charge in [0, 0.05) is 26.4 Å². The van der Waals surface area contributed by atoms with E-state index in [0.717, 1.165) is 12.0 Å². The summed E-state index contributed by atoms with van der Waals surface area (Å²) in [6.45, 7) is 1.96. The second-order valence-electron chi connectivity index (χ2n) is 6.55. The lowest BCUT2D eigenvalue weighted by Crippen LogP contribution is -2.31. The van der Waals surface area contributed by atoms with Gasteiger partial charge in [0.05, 0.1) is 0 Å². The molecule has 3 aromatic rings. The number of aromatic amines is 1. The molecule has 1 amide bonds. The molecular formula is C20H22N4O4. The number of benzene rings is 1. The number of aryl methyl sites for hydroxylation is 3. The number of hydrogen-bond acceptors (Lipinski definition) is 5. The number of H-pyrrole nitrogens is 1. The molecule has 0 unspecified atom stereocenters. The number of nitrogens with zero attached hydrogens (tertiary/aromatic N) is 2. The summed E-state index contributed by atoms with van der Waals surface area (Å²) in [5.74, 6) is 0.570. The molecule has 0 spiro atoms. The number of hydrogen-bond donors (Lipinski definition) is 2. The molecule has 0 radical (unpaired) electrons. The van der Waals surface area contributed by atoms with Crippen LogP contribution in [0.1, 0.15) is 33.1 Å². The molecule has 0 fully saturated rings. The number of rotatable bonds is 7. The van der Waals surface area contributed by atoms with Gasteiger partial charge in [-0.1, -0.05) is 30.3 Å². The van der Waals surface area contributed by atoms with Gasteiger partial charge in [0.1, 0.15) is 17.1 Å². The van der Waals surface area contributed by atoms with E-state index in [9.17, 15) is 14.4 Å². The molecule has 0 bridgehead atoms. The van der Waals surface area contributed by atoms with Crippen LogP contribution in [0.5, 0.6) is 0 Å². The van der Waals surface area contributed by atoms with Gasteiger partial charge in [-0.3, -0.25) is 9.36 Å². The molecule has 3 rings (SSSR count). The quantitative estimate of drug-likeness (QED) is 0.636. The summed E-state index contributed by atoms with van der Waals surface area (Å²) < 4.78 is 6.71. The predicted octanol–water partition coefficient (Wildman–Crippen LogP) is 1.13. The topological polar surface area (TPSA) is 110 Å². The Bertz CT molecular complexity index is 1080. The fourth-order valence-corrected chi connectivity index (χ4v) is 2.96. The van der Waals surface area contributed by atoms with E-state index in [-0.39, 0.29) is 17.8 Å². The van der Waals surface area contributed by atoms with Gasteiger partial charge in [0.15, 0.2) is 0 Å². The highest BCUT2D eigenvalue weighted by molar-refractivity contribution is 5.95. The van der Waals surface area contributed by atoms with Crippen molar-refractivity contribution in [1.29, 1.82) is 0 Å². The van der Waals surface area contributed by atoms with E-state index in [1.54, 1.807) is 20.0 Å². The largest absolute Gasteiger partial charge is 0.427 e. The second-order valence-corrected chi connectivity index (χ2v) is 6.55. The summed E-state index contributed by atoms with van der Waals surface area (Å²) in [5, 5.41) is 8.88. The third kappa shape index (κ3) is 4.46. The highest BCUT2D eigenvalue weighted by Crippen LogP contribution is 2.10. The monoisotopic (exact) mass is 382 g/mol. The normalized spacial score (nSPS) is 10.8. The van der Waals surface area contributed by atoms with Crippen molar-refractivity contribution < 1.29 is 9.21 Å². The summed E-state index contributed by atoms with van der Waals surface area (Å²) in [7, 11) is 1.59. The molecule has 8 heteroatoms. The van der Waals surface area contributed by atoms with Gasteiger partial charge in [0.2, 0.25) is 0 Å². The van der Waals surface area contributed by atoms with Gasteiger partial charge in [0.25, 0.3) is 5.91 Å². The first-order valence-electron chi connectivity index (χ1n) is 9.01. The lowest BCUT2D eigenvalue weighted by Gasteiger charge is -2.08. The first-order valence-corrected chi connectivity index (χ1v) is 9.01. The van der Waals surface area contributed by atoms with Crippen LogP contribution in [0.3, 0.4) is 0 Å². The molecule has 8 nitrogen and oxygen atoms in total. The maximum absolute atomic E-state index is 12.4. The highest BCUT2D eigenvalue weighted by atomic mass is 16.4. The predicted molar refractivity (Wildman–Crippen MR) is 103 cm³/mol. The van der Waals surface area contributed by atoms with Crippen molar-refractivity contribution in [2.45, 2.75) is 26.2 Å². The summed E-state index contributed by atoms with van der Waals surface area (Å²) >= 11 is 0. The smallest absolute Gasteiger partial charge is 0.349 e. The van der Waals surface area contributed by atoms with Crippen LogP contribution in [-0.4, -0.2) is 27.2 Å². The van der Waals surface area contributed by atoms with Crippen LogP contribution in [-0.2, 0) is 26.3 Å². The van der Waals surface area contributed by atoms with E-state index >= 15 is 0 Å². The molecule has 1 aromatic carbocycles. The van der Waals surface area contributed by atoms with Gasteiger partial charge in [-0.2, -0.15) is 5.10 Å². The molecule has 0 aliphatic rings. The third-order valence-electron chi connectivity index (χ3n) is 4.54. The molecule has 146 valence electrons. The second kappa shape index (κ2) is 8.51. The molecule has 0 aliphatic carbocycles. The standard InChI is InChI=1S/C20H22N4O4/c1-13-12-15(9-8-14-6-4-3-5-7-14)28-19(26)17(13)18(25)21-11-10-16-22-23-20(27)24(16)2/h3-7,12H,8-11H2,1-2H3,(H,21,25)(H,23,27). The number of carbonyl (C=O) groups is 1. The SMILES string of the molecule is Cc1cc(CCc2ccccc2)oc(=O)c1C(=O)NCCc1n[nH]c(=O)n1C. The number of aromatic nitrogens is 3. The van der Waals surface area contributed by atoms with E-state index in [1.165, 1.54) is 4.57 Å². The Balaban J connectivity index is 1.63. The van der Waals surface area contributed by atoms with Crippen LogP contribution >= 0.6 is 0 Å². The van der Waals surface area contributed by atoms with E-state index in [4.69, 9.17) is 4.42 Å². The van der Waals surface area contributed by atoms with Crippen LogP contribution < -0.4 is 16.6 Å². The van der Waals surface area contributed by atoms with E-state index in [2.05, 4.69) is 15.5 Å². The van der Waals surface area contributed by atoms with Crippen molar-refractivity contribution in [2.24, 2.45) is 7.05 Å². The Labute approximate surface area is 161 Å². The number of amides is 1. The fraction of sp³-hybridized carbons (Fsp3) is 0.300. The summed E-state index contributed by atoms with van der Waals surface area (Å²) in [6.07, 6.45) is 1.69. The molecule has 0 aliphatic heterocycles. The van der Waals surface area contributed by atoms with Gasteiger partial charge in [-0.25, -0.2) is 14.7 Å². The lowest BCUT2D eigenvalue weighted by molar-refractivity contribution is 0.0949. The zero-order valence-electron chi connectivity index (χ0n) is 15.8. The minimum absolute atomic E-state index is 0.000576. The van der Waals surface area contributed by atoms with E-state index in [1.807, 2.05) is 30.3 Å². The number of carbonyl (C=O) groups excluding carboxylic acids is 1. The molecule has 2 heterocycles. The molecule has 2 N–H and O–H groups in total. The van der Waals surface area contributed by atoms with E-state index in [0.29, 0.717) is 30.0 Å². The number of nitrogens with one attached hydrogen (secondary N) is 2. The average Bonchev–Trinajstić information content (AvgIpc) is 2.99. The van der Waals surface area contributed by atoms with Crippen molar-refractivity contribution >= 4 is 5.91 Å². The van der Waals surface area contributed by atoms with Gasteiger partial charge < -0.3 is 9.73 Å². The molecular weight excluding hydrogens is 360 g/mol. The van der Waals surface area contributed by atoms with Crippen molar-refractivity contribution in [1.82, 2.24) is 20.1 Å². The minimum Gasteiger partial charge on any atom is -0.427 e. The zero-order valence-corrected chi connectivity index (χ0v) is 15.8. The van der Waals surface area contributed by atoms with Gasteiger partial charge >= 0.3 is 11.3 Å². The van der Waals surface area contributed by atoms with Gasteiger partial charge in [-0.05, 0) is 30.5 Å². The maximum Gasteiger partial charge on any atom is 0.349 e. The van der Waals surface area contributed by atoms with Crippen LogP contribution in [0, 0.1) is 6.92 Å². The van der Waals surface area contributed by atoms with Crippen LogP contribution in [0.15, 0.2) is 50.4 Å². The maximum atomic E-state index is 12.4. The Morgan fingerprint density at radius 1 is 1.18 bits per heavy atom. The summed E-state index contributed by atoms with van der Waals surface area (Å²) in [5.41, 5.74) is 0.761. The van der Waals surface area contributed by atoms with Crippen LogP contribution in [0.2, 0.25) is 0 Å². The summed E-state index contributed by atoms with van der Waals surface area (Å²) in [6, 6.07) is 11.6. The molecule has 0 atom stereocenters. The Morgan fingerprint density at radius 2 is 1.93 bits per heavy atom. The van der Waals surface area contributed by atoms with Crippen molar-refractivity contribution in [3.63, 3.8) is 0 Å². The average molecular weight is 382 g/mol. The summed E-state index contributed by atoms with van der Waals surface area (Å²) in [4.78, 5) is 36.0. The van der Waals surface area contributed by atoms with Crippen molar-refractivity contribution in [2.75, 3.05) is 6.54 Å². The molecule has 0 saturated carbocycles. The van der Waals surface area contributed by atoms with Crippen molar-refractivity contribution in [3.8, 4) is 0 Å². The third-order valence-corrected chi connectivity index (χ3v) is 4.54. The van der Waals surface area contributed by atoms with Crippen molar-refractivity contribution in [3.05, 3.63) is 85.6 Å². The highest BCUT2D eigenvalue weighted by Gasteiger charge is 2.17. The lowest BCUT2D eigenvalue weighted by atomic mass is 10.1. The Kier molecular flexibility index (Phi) is 5.88. The zero-order chi connectivity index (χ0) is 20.1. The van der Waals surface area contributed by atoms with Gasteiger partial charge in [-0.15, -0.1) is 0 Å². The fourth-order valence-electron chi connectivity index (χ4n) is 2.96. The van der Waals surface area contributed by atoms with Crippen LogP contribution in [0.4, 0.5) is 0 Å². The Hall–Kier alpha value is -3.42. The molecule has 28 heavy (non-hydrogen) atoms. The first kappa shape index (κ1) is 19.3. The molecule has 0 saturated heterocycles. The Morgan fingerprint density at radius 3 is 2.57 bits per heavy atom. The molecule has 2 aromatic heterocycles. The first-order chi connectivity index (χ1) is 13.5. The minimum atomic E-state index is -0.646. The van der Waals surface area contributed by atoms with E-state index < -0.39 is 11.5 Å².